The van der Waals surface area contributed by atoms with Gasteiger partial charge in [-0.05, 0) is 42.4 Å². The SMILES string of the molecule is COc1c(C)cccc1CC(O)C1CCN(C(=O)OCc2ccccc2)CC1. The number of methoxy groups -OCH3 is 1. The molecular weight excluding hydrogens is 354 g/mol. The average Bonchev–Trinajstić information content (AvgIpc) is 2.73. The predicted molar refractivity (Wildman–Crippen MR) is 108 cm³/mol. The topological polar surface area (TPSA) is 59.0 Å². The summed E-state index contributed by atoms with van der Waals surface area (Å²) in [4.78, 5) is 14.0. The lowest BCUT2D eigenvalue weighted by Gasteiger charge is -2.33. The first-order valence-electron chi connectivity index (χ1n) is 9.84. The summed E-state index contributed by atoms with van der Waals surface area (Å²) in [7, 11) is 1.66. The van der Waals surface area contributed by atoms with Crippen LogP contribution >= 0.6 is 0 Å². The minimum Gasteiger partial charge on any atom is -0.496 e. The number of ether oxygens (including phenoxy) is 2. The summed E-state index contributed by atoms with van der Waals surface area (Å²) < 4.78 is 10.9. The second-order valence-corrected chi connectivity index (χ2v) is 7.40. The highest BCUT2D eigenvalue weighted by Crippen LogP contribution is 2.28. The standard InChI is InChI=1S/C23H29NO4/c1-17-7-6-10-20(22(17)27-2)15-21(25)19-11-13-24(14-12-19)23(26)28-16-18-8-4-3-5-9-18/h3-10,19,21,25H,11-16H2,1-2H3. The molecule has 5 nitrogen and oxygen atoms in total. The number of hydrogen-bond donors (Lipinski definition) is 1. The molecular formula is C23H29NO4. The number of carbonyl (C=O) groups is 1. The van der Waals surface area contributed by atoms with E-state index in [9.17, 15) is 9.90 Å². The monoisotopic (exact) mass is 383 g/mol. The van der Waals surface area contributed by atoms with Gasteiger partial charge in [0.2, 0.25) is 0 Å². The van der Waals surface area contributed by atoms with Crippen LogP contribution in [0.5, 0.6) is 5.75 Å². The van der Waals surface area contributed by atoms with Crippen molar-refractivity contribution in [1.82, 2.24) is 4.90 Å². The number of nitrogens with zero attached hydrogens (tertiary/aromatic N) is 1. The van der Waals surface area contributed by atoms with Crippen LogP contribution in [0.25, 0.3) is 0 Å². The van der Waals surface area contributed by atoms with E-state index in [0.29, 0.717) is 19.5 Å². The summed E-state index contributed by atoms with van der Waals surface area (Å²) in [6.45, 7) is 3.52. The molecule has 0 radical (unpaired) electrons. The van der Waals surface area contributed by atoms with Crippen molar-refractivity contribution < 1.29 is 19.4 Å². The van der Waals surface area contributed by atoms with Crippen LogP contribution in [0.3, 0.4) is 0 Å². The van der Waals surface area contributed by atoms with E-state index in [-0.39, 0.29) is 18.6 Å². The molecule has 1 N–H and O–H groups in total. The second-order valence-electron chi connectivity index (χ2n) is 7.40. The molecule has 3 rings (SSSR count). The highest BCUT2D eigenvalue weighted by atomic mass is 16.6. The van der Waals surface area contributed by atoms with Gasteiger partial charge in [0.25, 0.3) is 0 Å². The van der Waals surface area contributed by atoms with E-state index in [1.54, 1.807) is 12.0 Å². The van der Waals surface area contributed by atoms with Gasteiger partial charge < -0.3 is 19.5 Å². The van der Waals surface area contributed by atoms with Crippen LogP contribution in [0.2, 0.25) is 0 Å². The summed E-state index contributed by atoms with van der Waals surface area (Å²) in [6, 6.07) is 15.7. The molecule has 1 fully saturated rings. The highest BCUT2D eigenvalue weighted by molar-refractivity contribution is 5.67. The number of likely N-dealkylation sites (tertiary alicyclic amines) is 1. The fraction of sp³-hybridized carbons (Fsp3) is 0.435. The van der Waals surface area contributed by atoms with E-state index in [4.69, 9.17) is 9.47 Å². The number of aliphatic hydroxyl groups is 1. The minimum absolute atomic E-state index is 0.170. The fourth-order valence-electron chi connectivity index (χ4n) is 3.84. The van der Waals surface area contributed by atoms with Crippen LogP contribution in [0, 0.1) is 12.8 Å². The minimum atomic E-state index is -0.446. The Kier molecular flexibility index (Phi) is 6.93. The van der Waals surface area contributed by atoms with E-state index >= 15 is 0 Å². The maximum absolute atomic E-state index is 12.3. The zero-order valence-corrected chi connectivity index (χ0v) is 16.6. The lowest BCUT2D eigenvalue weighted by Crippen LogP contribution is -2.41. The van der Waals surface area contributed by atoms with Gasteiger partial charge >= 0.3 is 6.09 Å². The van der Waals surface area contributed by atoms with Crippen molar-refractivity contribution in [1.29, 1.82) is 0 Å². The maximum Gasteiger partial charge on any atom is 0.410 e. The number of rotatable bonds is 6. The van der Waals surface area contributed by atoms with Crippen LogP contribution in [-0.4, -0.2) is 42.4 Å². The molecule has 5 heteroatoms. The first-order valence-corrected chi connectivity index (χ1v) is 9.84. The Labute approximate surface area is 166 Å². The molecule has 1 saturated heterocycles. The molecule has 1 aliphatic rings. The molecule has 0 spiro atoms. The zero-order chi connectivity index (χ0) is 19.9. The smallest absolute Gasteiger partial charge is 0.410 e. The molecule has 1 atom stereocenters. The first-order chi connectivity index (χ1) is 13.6. The quantitative estimate of drug-likeness (QED) is 0.820. The van der Waals surface area contributed by atoms with Crippen LogP contribution < -0.4 is 4.74 Å². The van der Waals surface area contributed by atoms with Crippen molar-refractivity contribution in [3.05, 3.63) is 65.2 Å². The van der Waals surface area contributed by atoms with Crippen molar-refractivity contribution in [2.24, 2.45) is 5.92 Å². The Bertz CT molecular complexity index is 769. The number of para-hydroxylation sites is 1. The summed E-state index contributed by atoms with van der Waals surface area (Å²) in [5.41, 5.74) is 3.08. The Balaban J connectivity index is 1.48. The van der Waals surface area contributed by atoms with Gasteiger partial charge in [0, 0.05) is 19.5 Å². The molecule has 1 unspecified atom stereocenters. The lowest BCUT2D eigenvalue weighted by molar-refractivity contribution is 0.0454. The Hall–Kier alpha value is -2.53. The Morgan fingerprint density at radius 1 is 1.14 bits per heavy atom. The summed E-state index contributed by atoms with van der Waals surface area (Å²) in [6.07, 6.45) is 1.38. The maximum atomic E-state index is 12.3. The zero-order valence-electron chi connectivity index (χ0n) is 16.6. The first kappa shape index (κ1) is 20.2. The fourth-order valence-corrected chi connectivity index (χ4v) is 3.84. The third-order valence-electron chi connectivity index (χ3n) is 5.47. The van der Waals surface area contributed by atoms with E-state index in [1.165, 1.54) is 0 Å². The average molecular weight is 383 g/mol. The van der Waals surface area contributed by atoms with Gasteiger partial charge in [0.05, 0.1) is 13.2 Å². The lowest BCUT2D eigenvalue weighted by atomic mass is 9.87. The number of benzene rings is 2. The van der Waals surface area contributed by atoms with Crippen molar-refractivity contribution in [2.45, 2.75) is 38.9 Å². The molecule has 1 aliphatic heterocycles. The van der Waals surface area contributed by atoms with E-state index in [1.807, 2.05) is 55.5 Å². The Morgan fingerprint density at radius 2 is 1.86 bits per heavy atom. The van der Waals surface area contributed by atoms with E-state index < -0.39 is 6.10 Å². The van der Waals surface area contributed by atoms with Crippen LogP contribution in [0.1, 0.15) is 29.5 Å². The van der Waals surface area contributed by atoms with Gasteiger partial charge in [0.15, 0.2) is 0 Å². The van der Waals surface area contributed by atoms with Gasteiger partial charge in [-0.2, -0.15) is 0 Å². The molecule has 2 aromatic rings. The van der Waals surface area contributed by atoms with Crippen molar-refractivity contribution >= 4 is 6.09 Å². The largest absolute Gasteiger partial charge is 0.496 e. The van der Waals surface area contributed by atoms with Crippen LogP contribution in [-0.2, 0) is 17.8 Å². The van der Waals surface area contributed by atoms with Gasteiger partial charge in [-0.15, -0.1) is 0 Å². The number of hydrogen-bond acceptors (Lipinski definition) is 4. The number of carbonyl (C=O) groups excluding carboxylic acids is 1. The predicted octanol–water partition coefficient (Wildman–Crippen LogP) is 3.96. The second kappa shape index (κ2) is 9.60. The van der Waals surface area contributed by atoms with Crippen LogP contribution in [0.15, 0.2) is 48.5 Å². The van der Waals surface area contributed by atoms with Gasteiger partial charge in [0.1, 0.15) is 12.4 Å². The van der Waals surface area contributed by atoms with E-state index in [0.717, 1.165) is 35.3 Å². The molecule has 0 saturated carbocycles. The third-order valence-corrected chi connectivity index (χ3v) is 5.47. The summed E-state index contributed by atoms with van der Waals surface area (Å²) in [5, 5.41) is 10.7. The van der Waals surface area contributed by atoms with Crippen molar-refractivity contribution in [3.63, 3.8) is 0 Å². The van der Waals surface area contributed by atoms with Crippen molar-refractivity contribution in [2.75, 3.05) is 20.2 Å². The number of aryl methyl sites for hydroxylation is 1. The molecule has 2 aromatic carbocycles. The van der Waals surface area contributed by atoms with Gasteiger partial charge in [-0.3, -0.25) is 0 Å². The summed E-state index contributed by atoms with van der Waals surface area (Å²) in [5.74, 6) is 1.02. The summed E-state index contributed by atoms with van der Waals surface area (Å²) >= 11 is 0. The molecule has 0 aromatic heterocycles. The van der Waals surface area contributed by atoms with Gasteiger partial charge in [-0.25, -0.2) is 4.79 Å². The molecule has 150 valence electrons. The molecule has 0 bridgehead atoms. The number of piperidine rings is 1. The molecule has 28 heavy (non-hydrogen) atoms. The van der Waals surface area contributed by atoms with Crippen molar-refractivity contribution in [3.8, 4) is 5.75 Å². The highest BCUT2D eigenvalue weighted by Gasteiger charge is 2.28. The third kappa shape index (κ3) is 5.04. The molecule has 1 heterocycles. The van der Waals surface area contributed by atoms with Crippen LogP contribution in [0.4, 0.5) is 4.79 Å². The van der Waals surface area contributed by atoms with Gasteiger partial charge in [-0.1, -0.05) is 48.5 Å². The Morgan fingerprint density at radius 3 is 2.54 bits per heavy atom. The normalized spacial score (nSPS) is 15.9. The van der Waals surface area contributed by atoms with E-state index in [2.05, 4.69) is 0 Å². The molecule has 1 amide bonds. The number of amides is 1. The number of aliphatic hydroxyl groups excluding tert-OH is 1. The molecule has 0 aliphatic carbocycles.